The van der Waals surface area contributed by atoms with E-state index in [2.05, 4.69) is 15.9 Å². The third-order valence-electron chi connectivity index (χ3n) is 1.74. The van der Waals surface area contributed by atoms with Gasteiger partial charge in [-0.05, 0) is 28.1 Å². The van der Waals surface area contributed by atoms with Crippen molar-refractivity contribution < 1.29 is 14.2 Å². The molecule has 4 heteroatoms. The van der Waals surface area contributed by atoms with E-state index in [-0.39, 0.29) is 6.29 Å². The van der Waals surface area contributed by atoms with Crippen LogP contribution in [0.4, 0.5) is 0 Å². The van der Waals surface area contributed by atoms with Crippen molar-refractivity contribution in [3.63, 3.8) is 0 Å². The van der Waals surface area contributed by atoms with E-state index in [1.54, 1.807) is 14.2 Å². The summed E-state index contributed by atoms with van der Waals surface area (Å²) in [5.74, 6) is 0.784. The van der Waals surface area contributed by atoms with E-state index < -0.39 is 0 Å². The molecule has 14 heavy (non-hydrogen) atoms. The van der Waals surface area contributed by atoms with Gasteiger partial charge in [-0.1, -0.05) is 12.1 Å². The van der Waals surface area contributed by atoms with Gasteiger partial charge in [0.25, 0.3) is 0 Å². The summed E-state index contributed by atoms with van der Waals surface area (Å²) in [5, 5.41) is 0. The van der Waals surface area contributed by atoms with E-state index in [1.807, 2.05) is 24.3 Å². The Morgan fingerprint density at radius 3 is 2.43 bits per heavy atom. The lowest BCUT2D eigenvalue weighted by atomic mass is 10.3. The maximum absolute atomic E-state index is 5.48. The minimum Gasteiger partial charge on any atom is -0.487 e. The highest BCUT2D eigenvalue weighted by Gasteiger charge is 2.06. The van der Waals surface area contributed by atoms with Gasteiger partial charge in [0.2, 0.25) is 0 Å². The molecule has 0 N–H and O–H groups in total. The van der Waals surface area contributed by atoms with E-state index in [0.29, 0.717) is 6.61 Å². The number of hydrogen-bond donors (Lipinski definition) is 0. The second-order valence-electron chi connectivity index (χ2n) is 2.64. The number of methoxy groups -OCH3 is 2. The standard InChI is InChI=1S/C10H13BrO3/c1-12-10(13-2)7-14-9-6-4-3-5-8(9)11/h3-6,10H,7H2,1-2H3. The molecule has 0 heterocycles. The van der Waals surface area contributed by atoms with Crippen molar-refractivity contribution in [1.82, 2.24) is 0 Å². The minimum absolute atomic E-state index is 0.331. The van der Waals surface area contributed by atoms with Crippen LogP contribution in [0.25, 0.3) is 0 Å². The summed E-state index contributed by atoms with van der Waals surface area (Å²) in [7, 11) is 3.16. The molecule has 0 aliphatic heterocycles. The van der Waals surface area contributed by atoms with Gasteiger partial charge in [-0.15, -0.1) is 0 Å². The van der Waals surface area contributed by atoms with Crippen molar-refractivity contribution in [2.75, 3.05) is 20.8 Å². The van der Waals surface area contributed by atoms with Gasteiger partial charge in [0.15, 0.2) is 6.29 Å². The zero-order valence-corrected chi connectivity index (χ0v) is 9.78. The first-order chi connectivity index (χ1) is 6.77. The molecule has 0 unspecified atom stereocenters. The van der Waals surface area contributed by atoms with E-state index in [9.17, 15) is 0 Å². The Balaban J connectivity index is 2.49. The molecule has 3 nitrogen and oxygen atoms in total. The van der Waals surface area contributed by atoms with Crippen LogP contribution in [0.2, 0.25) is 0 Å². The number of halogens is 1. The third-order valence-corrected chi connectivity index (χ3v) is 2.39. The summed E-state index contributed by atoms with van der Waals surface area (Å²) < 4.78 is 16.4. The predicted molar refractivity (Wildman–Crippen MR) is 57.4 cm³/mol. The highest BCUT2D eigenvalue weighted by atomic mass is 79.9. The predicted octanol–water partition coefficient (Wildman–Crippen LogP) is 2.45. The van der Waals surface area contributed by atoms with E-state index in [0.717, 1.165) is 10.2 Å². The molecule has 0 radical (unpaired) electrons. The van der Waals surface area contributed by atoms with E-state index >= 15 is 0 Å². The average molecular weight is 261 g/mol. The molecule has 0 saturated carbocycles. The van der Waals surface area contributed by atoms with Crippen LogP contribution < -0.4 is 4.74 Å². The monoisotopic (exact) mass is 260 g/mol. The molecule has 1 rings (SSSR count). The van der Waals surface area contributed by atoms with E-state index in [1.165, 1.54) is 0 Å². The molecule has 0 bridgehead atoms. The maximum atomic E-state index is 5.48. The van der Waals surface area contributed by atoms with Gasteiger partial charge >= 0.3 is 0 Å². The van der Waals surface area contributed by atoms with Gasteiger partial charge in [0.1, 0.15) is 12.4 Å². The molecule has 1 aromatic carbocycles. The van der Waals surface area contributed by atoms with Crippen LogP contribution >= 0.6 is 15.9 Å². The number of ether oxygens (including phenoxy) is 3. The molecule has 78 valence electrons. The molecule has 0 spiro atoms. The summed E-state index contributed by atoms with van der Waals surface area (Å²) in [6.45, 7) is 0.371. The third kappa shape index (κ3) is 3.29. The van der Waals surface area contributed by atoms with Crippen LogP contribution in [0.15, 0.2) is 28.7 Å². The Hall–Kier alpha value is -0.580. The normalized spacial score (nSPS) is 10.6. The molecular formula is C10H13BrO3. The Kier molecular flexibility index (Phi) is 4.93. The molecule has 0 saturated heterocycles. The lowest BCUT2D eigenvalue weighted by molar-refractivity contribution is -0.122. The fraction of sp³-hybridized carbons (Fsp3) is 0.400. The molecule has 0 atom stereocenters. The zero-order chi connectivity index (χ0) is 10.4. The summed E-state index contributed by atoms with van der Waals surface area (Å²) in [4.78, 5) is 0. The van der Waals surface area contributed by atoms with Crippen molar-refractivity contribution in [3.05, 3.63) is 28.7 Å². The fourth-order valence-electron chi connectivity index (χ4n) is 0.952. The Morgan fingerprint density at radius 1 is 1.21 bits per heavy atom. The smallest absolute Gasteiger partial charge is 0.191 e. The summed E-state index contributed by atoms with van der Waals surface area (Å²) >= 11 is 3.38. The highest BCUT2D eigenvalue weighted by molar-refractivity contribution is 9.10. The zero-order valence-electron chi connectivity index (χ0n) is 8.20. The first-order valence-electron chi connectivity index (χ1n) is 4.21. The molecule has 0 aromatic heterocycles. The quantitative estimate of drug-likeness (QED) is 0.762. The summed E-state index contributed by atoms with van der Waals surface area (Å²) in [6.07, 6.45) is -0.331. The maximum Gasteiger partial charge on any atom is 0.191 e. The fourth-order valence-corrected chi connectivity index (χ4v) is 1.35. The van der Waals surface area contributed by atoms with Crippen LogP contribution in [0.1, 0.15) is 0 Å². The Morgan fingerprint density at radius 2 is 1.86 bits per heavy atom. The largest absolute Gasteiger partial charge is 0.487 e. The van der Waals surface area contributed by atoms with Gasteiger partial charge in [-0.2, -0.15) is 0 Å². The van der Waals surface area contributed by atoms with Gasteiger partial charge in [0.05, 0.1) is 4.47 Å². The molecule has 0 aliphatic carbocycles. The van der Waals surface area contributed by atoms with Crippen molar-refractivity contribution >= 4 is 15.9 Å². The summed E-state index contributed by atoms with van der Waals surface area (Å²) in [5.41, 5.74) is 0. The topological polar surface area (TPSA) is 27.7 Å². The Labute approximate surface area is 92.1 Å². The number of hydrogen-bond acceptors (Lipinski definition) is 3. The van der Waals surface area contributed by atoms with Crippen LogP contribution in [0, 0.1) is 0 Å². The number of rotatable bonds is 5. The van der Waals surface area contributed by atoms with Crippen molar-refractivity contribution in [1.29, 1.82) is 0 Å². The van der Waals surface area contributed by atoms with Crippen molar-refractivity contribution in [2.45, 2.75) is 6.29 Å². The molecule has 0 amide bonds. The van der Waals surface area contributed by atoms with Crippen LogP contribution in [0.5, 0.6) is 5.75 Å². The van der Waals surface area contributed by atoms with Gasteiger partial charge < -0.3 is 14.2 Å². The molecule has 0 fully saturated rings. The van der Waals surface area contributed by atoms with Crippen LogP contribution in [-0.2, 0) is 9.47 Å². The van der Waals surface area contributed by atoms with Crippen molar-refractivity contribution in [2.24, 2.45) is 0 Å². The molecular weight excluding hydrogens is 248 g/mol. The van der Waals surface area contributed by atoms with Gasteiger partial charge in [-0.25, -0.2) is 0 Å². The number of benzene rings is 1. The lowest BCUT2D eigenvalue weighted by Gasteiger charge is -2.14. The highest BCUT2D eigenvalue weighted by Crippen LogP contribution is 2.23. The first kappa shape index (κ1) is 11.5. The second kappa shape index (κ2) is 6.01. The van der Waals surface area contributed by atoms with Crippen molar-refractivity contribution in [3.8, 4) is 5.75 Å². The minimum atomic E-state index is -0.331. The van der Waals surface area contributed by atoms with Gasteiger partial charge in [-0.3, -0.25) is 0 Å². The first-order valence-corrected chi connectivity index (χ1v) is 5.00. The summed E-state index contributed by atoms with van der Waals surface area (Å²) in [6, 6.07) is 7.65. The molecule has 0 aliphatic rings. The van der Waals surface area contributed by atoms with Crippen LogP contribution in [-0.4, -0.2) is 27.1 Å². The molecule has 1 aromatic rings. The van der Waals surface area contributed by atoms with E-state index in [4.69, 9.17) is 14.2 Å². The SMILES string of the molecule is COC(COc1ccccc1Br)OC. The second-order valence-corrected chi connectivity index (χ2v) is 3.50. The van der Waals surface area contributed by atoms with Crippen LogP contribution in [0.3, 0.4) is 0 Å². The Bertz CT molecular complexity index is 274. The average Bonchev–Trinajstić information content (AvgIpc) is 2.22. The van der Waals surface area contributed by atoms with Gasteiger partial charge in [0, 0.05) is 14.2 Å². The number of para-hydroxylation sites is 1. The lowest BCUT2D eigenvalue weighted by Crippen LogP contribution is -2.22.